The molecule has 2 rings (SSSR count). The molecule has 0 radical (unpaired) electrons. The van der Waals surface area contributed by atoms with E-state index >= 15 is 0 Å². The molecular weight excluding hydrogens is 136 g/mol. The summed E-state index contributed by atoms with van der Waals surface area (Å²) in [5.74, 6) is 1.60. The molecule has 0 amide bonds. The Morgan fingerprint density at radius 1 is 1.00 bits per heavy atom. The molecule has 2 bridgehead atoms. The van der Waals surface area contributed by atoms with Gasteiger partial charge in [-0.15, -0.1) is 0 Å². The van der Waals surface area contributed by atoms with Crippen LogP contribution in [0.25, 0.3) is 0 Å². The van der Waals surface area contributed by atoms with E-state index in [-0.39, 0.29) is 0 Å². The van der Waals surface area contributed by atoms with Crippen molar-refractivity contribution >= 4 is 0 Å². The van der Waals surface area contributed by atoms with Crippen LogP contribution in [0.1, 0.15) is 26.7 Å². The molecule has 4 unspecified atom stereocenters. The van der Waals surface area contributed by atoms with Crippen molar-refractivity contribution in [3.63, 3.8) is 0 Å². The van der Waals surface area contributed by atoms with Crippen LogP contribution in [0.2, 0.25) is 0 Å². The largest absolute Gasteiger partial charge is 0.366 e. The molecule has 0 spiro atoms. The molecule has 1 saturated heterocycles. The van der Waals surface area contributed by atoms with Crippen molar-refractivity contribution in [3.05, 3.63) is 12.2 Å². The minimum Gasteiger partial charge on any atom is -0.366 e. The first-order valence-electron chi connectivity index (χ1n) is 4.70. The third-order valence-electron chi connectivity index (χ3n) is 3.14. The number of ether oxygens (including phenoxy) is 1. The van der Waals surface area contributed by atoms with Gasteiger partial charge in [0.15, 0.2) is 0 Å². The van der Waals surface area contributed by atoms with Crippen LogP contribution in [0, 0.1) is 11.8 Å². The van der Waals surface area contributed by atoms with Crippen molar-refractivity contribution in [2.24, 2.45) is 11.8 Å². The predicted octanol–water partition coefficient (Wildman–Crippen LogP) is 2.38. The van der Waals surface area contributed by atoms with Crippen LogP contribution >= 0.6 is 0 Å². The van der Waals surface area contributed by atoms with Crippen LogP contribution in [0.3, 0.4) is 0 Å². The number of rotatable bonds is 2. The van der Waals surface area contributed by atoms with Crippen LogP contribution < -0.4 is 0 Å². The van der Waals surface area contributed by atoms with Gasteiger partial charge in [-0.1, -0.05) is 38.8 Å². The summed E-state index contributed by atoms with van der Waals surface area (Å²) in [6.07, 6.45) is 7.93. The summed E-state index contributed by atoms with van der Waals surface area (Å²) in [6, 6.07) is 0. The zero-order chi connectivity index (χ0) is 7.84. The van der Waals surface area contributed by atoms with E-state index in [1.807, 2.05) is 0 Å². The van der Waals surface area contributed by atoms with Gasteiger partial charge < -0.3 is 4.74 Å². The highest BCUT2D eigenvalue weighted by Crippen LogP contribution is 2.42. The van der Waals surface area contributed by atoms with Crippen molar-refractivity contribution in [1.29, 1.82) is 0 Å². The summed E-state index contributed by atoms with van der Waals surface area (Å²) in [7, 11) is 0. The molecule has 0 aliphatic carbocycles. The van der Waals surface area contributed by atoms with Gasteiger partial charge in [-0.25, -0.2) is 0 Å². The number of fused-ring (bicyclic) bond motifs is 2. The molecule has 1 heteroatoms. The predicted molar refractivity (Wildman–Crippen MR) is 45.4 cm³/mol. The maximum absolute atomic E-state index is 5.77. The van der Waals surface area contributed by atoms with Gasteiger partial charge in [-0.2, -0.15) is 0 Å². The van der Waals surface area contributed by atoms with E-state index < -0.39 is 0 Å². The zero-order valence-corrected chi connectivity index (χ0v) is 7.29. The quantitative estimate of drug-likeness (QED) is 0.552. The van der Waals surface area contributed by atoms with Gasteiger partial charge in [0.05, 0.1) is 12.2 Å². The van der Waals surface area contributed by atoms with E-state index in [4.69, 9.17) is 4.74 Å². The molecule has 2 aliphatic heterocycles. The van der Waals surface area contributed by atoms with Gasteiger partial charge in [0.1, 0.15) is 0 Å². The molecule has 2 aliphatic rings. The first-order chi connectivity index (χ1) is 5.36. The Balaban J connectivity index is 2.15. The molecular formula is C10H16O. The van der Waals surface area contributed by atoms with Crippen molar-refractivity contribution in [2.45, 2.75) is 38.9 Å². The third-order valence-corrected chi connectivity index (χ3v) is 3.14. The normalized spacial score (nSPS) is 47.1. The summed E-state index contributed by atoms with van der Waals surface area (Å²) in [6.45, 7) is 4.54. The maximum Gasteiger partial charge on any atom is 0.0796 e. The Bertz CT molecular complexity index is 156. The second kappa shape index (κ2) is 2.63. The van der Waals surface area contributed by atoms with Crippen molar-refractivity contribution in [1.82, 2.24) is 0 Å². The smallest absolute Gasteiger partial charge is 0.0796 e. The summed E-state index contributed by atoms with van der Waals surface area (Å²) >= 11 is 0. The lowest BCUT2D eigenvalue weighted by atomic mass is 9.80. The van der Waals surface area contributed by atoms with E-state index in [0.29, 0.717) is 12.2 Å². The van der Waals surface area contributed by atoms with Crippen LogP contribution in [-0.2, 0) is 4.74 Å². The second-order valence-corrected chi connectivity index (χ2v) is 3.59. The second-order valence-electron chi connectivity index (χ2n) is 3.59. The summed E-state index contributed by atoms with van der Waals surface area (Å²) in [4.78, 5) is 0. The first-order valence-corrected chi connectivity index (χ1v) is 4.70. The van der Waals surface area contributed by atoms with Crippen LogP contribution in [0.5, 0.6) is 0 Å². The number of hydrogen-bond acceptors (Lipinski definition) is 1. The molecule has 1 fully saturated rings. The lowest BCUT2D eigenvalue weighted by Gasteiger charge is -2.21. The molecule has 1 nitrogen and oxygen atoms in total. The standard InChI is InChI=1S/C10H16O/c1-3-7-8(4-2)10-6-5-9(7)11-10/h5-10H,3-4H2,1-2H3. The lowest BCUT2D eigenvalue weighted by molar-refractivity contribution is 0.102. The molecule has 2 heterocycles. The van der Waals surface area contributed by atoms with E-state index in [1.54, 1.807) is 0 Å². The summed E-state index contributed by atoms with van der Waals surface area (Å²) in [5, 5.41) is 0. The van der Waals surface area contributed by atoms with Crippen molar-refractivity contribution in [3.8, 4) is 0 Å². The van der Waals surface area contributed by atoms with Crippen molar-refractivity contribution in [2.75, 3.05) is 0 Å². The van der Waals surface area contributed by atoms with E-state index in [0.717, 1.165) is 11.8 Å². The molecule has 0 aromatic rings. The molecule has 0 aromatic heterocycles. The summed E-state index contributed by atoms with van der Waals surface area (Å²) < 4.78 is 5.77. The third kappa shape index (κ3) is 0.943. The Morgan fingerprint density at radius 2 is 1.45 bits per heavy atom. The fraction of sp³-hybridized carbons (Fsp3) is 0.800. The lowest BCUT2D eigenvalue weighted by Crippen LogP contribution is -2.22. The van der Waals surface area contributed by atoms with Gasteiger partial charge in [0.25, 0.3) is 0 Å². The average Bonchev–Trinajstić information content (AvgIpc) is 2.60. The van der Waals surface area contributed by atoms with E-state index in [1.165, 1.54) is 12.8 Å². The van der Waals surface area contributed by atoms with Crippen LogP contribution in [0.15, 0.2) is 12.2 Å². The van der Waals surface area contributed by atoms with Gasteiger partial charge in [0, 0.05) is 0 Å². The molecule has 0 N–H and O–H groups in total. The zero-order valence-electron chi connectivity index (χ0n) is 7.29. The Morgan fingerprint density at radius 3 is 1.82 bits per heavy atom. The van der Waals surface area contributed by atoms with Gasteiger partial charge >= 0.3 is 0 Å². The Labute approximate surface area is 68.4 Å². The fourth-order valence-electron chi connectivity index (χ4n) is 2.54. The highest BCUT2D eigenvalue weighted by molar-refractivity contribution is 5.13. The van der Waals surface area contributed by atoms with Crippen LogP contribution in [0.4, 0.5) is 0 Å². The molecule has 62 valence electrons. The number of hydrogen-bond donors (Lipinski definition) is 0. The molecule has 11 heavy (non-hydrogen) atoms. The Hall–Kier alpha value is -0.300. The maximum atomic E-state index is 5.77. The van der Waals surface area contributed by atoms with E-state index in [2.05, 4.69) is 26.0 Å². The highest BCUT2D eigenvalue weighted by atomic mass is 16.5. The van der Waals surface area contributed by atoms with E-state index in [9.17, 15) is 0 Å². The Kier molecular flexibility index (Phi) is 1.76. The highest BCUT2D eigenvalue weighted by Gasteiger charge is 2.43. The first kappa shape index (κ1) is 7.35. The molecule has 0 saturated carbocycles. The van der Waals surface area contributed by atoms with Crippen LogP contribution in [-0.4, -0.2) is 12.2 Å². The minimum atomic E-state index is 0.454. The SMILES string of the molecule is CCC1C2C=CC(O2)C1CC. The fourth-order valence-corrected chi connectivity index (χ4v) is 2.54. The van der Waals surface area contributed by atoms with Gasteiger partial charge in [-0.3, -0.25) is 0 Å². The molecule has 0 aromatic carbocycles. The summed E-state index contributed by atoms with van der Waals surface area (Å²) in [5.41, 5.74) is 0. The van der Waals surface area contributed by atoms with Gasteiger partial charge in [0.2, 0.25) is 0 Å². The minimum absolute atomic E-state index is 0.454. The monoisotopic (exact) mass is 152 g/mol. The van der Waals surface area contributed by atoms with Gasteiger partial charge in [-0.05, 0) is 11.8 Å². The molecule has 4 atom stereocenters. The topological polar surface area (TPSA) is 9.23 Å². The van der Waals surface area contributed by atoms with Crippen molar-refractivity contribution < 1.29 is 4.74 Å². The average molecular weight is 152 g/mol.